The monoisotopic (exact) mass is 444 g/mol. The molecule has 0 spiro atoms. The first-order valence-electron chi connectivity index (χ1n) is 11.5. The van der Waals surface area contributed by atoms with Gasteiger partial charge in [0, 0.05) is 31.3 Å². The Balaban J connectivity index is 1.33. The van der Waals surface area contributed by atoms with Gasteiger partial charge in [0.25, 0.3) is 0 Å². The van der Waals surface area contributed by atoms with Gasteiger partial charge in [-0.2, -0.15) is 0 Å². The molecule has 1 fully saturated rings. The molecule has 2 aromatic carbocycles. The number of nitrogens with zero attached hydrogens (tertiary/aromatic N) is 3. The number of anilines is 3. The zero-order valence-corrected chi connectivity index (χ0v) is 18.9. The quantitative estimate of drug-likeness (QED) is 0.526. The smallest absolute Gasteiger partial charge is 0.167 e. The average molecular weight is 445 g/mol. The van der Waals surface area contributed by atoms with Crippen molar-refractivity contribution in [3.05, 3.63) is 89.9 Å². The fourth-order valence-corrected chi connectivity index (χ4v) is 4.51. The lowest BCUT2D eigenvalue weighted by Crippen LogP contribution is -2.22. The third-order valence-electron chi connectivity index (χ3n) is 6.35. The van der Waals surface area contributed by atoms with Crippen LogP contribution in [0, 0.1) is 5.82 Å². The second-order valence-electron chi connectivity index (χ2n) is 8.67. The molecule has 0 radical (unpaired) electrons. The number of hydroxylamine groups is 1. The van der Waals surface area contributed by atoms with Crippen LogP contribution >= 0.6 is 0 Å². The minimum absolute atomic E-state index is 0.0258. The van der Waals surface area contributed by atoms with Crippen molar-refractivity contribution in [2.75, 3.05) is 37.1 Å². The Hall–Kier alpha value is -3.22. The Morgan fingerprint density at radius 2 is 1.88 bits per heavy atom. The fourth-order valence-electron chi connectivity index (χ4n) is 4.51. The molecular formula is C27H29FN4O. The maximum atomic E-state index is 14.7. The Kier molecular flexibility index (Phi) is 6.37. The summed E-state index contributed by atoms with van der Waals surface area (Å²) >= 11 is 0. The van der Waals surface area contributed by atoms with Crippen molar-refractivity contribution < 1.29 is 9.23 Å². The van der Waals surface area contributed by atoms with Crippen LogP contribution < -0.4 is 10.4 Å². The highest BCUT2D eigenvalue weighted by atomic mass is 19.1. The number of rotatable bonds is 5. The van der Waals surface area contributed by atoms with E-state index >= 15 is 0 Å². The van der Waals surface area contributed by atoms with E-state index in [0.717, 1.165) is 43.6 Å². The molecule has 1 saturated heterocycles. The summed E-state index contributed by atoms with van der Waals surface area (Å²) in [4.78, 5) is 12.4. The third-order valence-corrected chi connectivity index (χ3v) is 6.35. The largest absolute Gasteiger partial charge is 0.340 e. The Bertz CT molecular complexity index is 1120. The van der Waals surface area contributed by atoms with Crippen molar-refractivity contribution in [1.29, 1.82) is 0 Å². The zero-order valence-electron chi connectivity index (χ0n) is 18.9. The minimum atomic E-state index is -0.399. The van der Waals surface area contributed by atoms with E-state index < -0.39 is 5.82 Å². The molecular weight excluding hydrogens is 415 g/mol. The summed E-state index contributed by atoms with van der Waals surface area (Å²) in [6, 6.07) is 20.1. The predicted octanol–water partition coefficient (Wildman–Crippen LogP) is 5.96. The molecule has 0 amide bonds. The molecule has 1 aromatic heterocycles. The molecule has 0 aliphatic carbocycles. The van der Waals surface area contributed by atoms with E-state index in [4.69, 9.17) is 4.84 Å². The normalized spacial score (nSPS) is 19.3. The molecule has 2 aliphatic rings. The summed E-state index contributed by atoms with van der Waals surface area (Å²) in [6.07, 6.45) is 6.55. The summed E-state index contributed by atoms with van der Waals surface area (Å²) in [5.41, 5.74) is 5.06. The van der Waals surface area contributed by atoms with E-state index in [1.165, 1.54) is 17.3 Å². The molecule has 0 bridgehead atoms. The van der Waals surface area contributed by atoms with E-state index in [2.05, 4.69) is 52.6 Å². The van der Waals surface area contributed by atoms with Gasteiger partial charge in [-0.1, -0.05) is 48.5 Å². The third kappa shape index (κ3) is 4.92. The first kappa shape index (κ1) is 21.6. The molecule has 33 heavy (non-hydrogen) atoms. The fraction of sp³-hybridized carbons (Fsp3) is 0.296. The van der Waals surface area contributed by atoms with E-state index in [9.17, 15) is 4.39 Å². The number of nitrogens with one attached hydrogen (secondary N) is 1. The molecule has 0 unspecified atom stereocenters. The molecule has 170 valence electrons. The maximum absolute atomic E-state index is 14.7. The number of hydrogen-bond acceptors (Lipinski definition) is 5. The molecule has 5 nitrogen and oxygen atoms in total. The van der Waals surface area contributed by atoms with Crippen molar-refractivity contribution in [3.8, 4) is 0 Å². The van der Waals surface area contributed by atoms with Crippen molar-refractivity contribution in [2.24, 2.45) is 0 Å². The summed E-state index contributed by atoms with van der Waals surface area (Å²) in [6.45, 7) is 2.74. The SMILES string of the molecule is CN1CCC=C(c2ccc(Nc3cc(N4OCC[C@H]4c4ccccc4)c(F)cn3)cc2)CC1. The molecule has 0 saturated carbocycles. The van der Waals surface area contributed by atoms with Gasteiger partial charge in [-0.25, -0.2) is 14.4 Å². The highest BCUT2D eigenvalue weighted by molar-refractivity contribution is 5.69. The summed E-state index contributed by atoms with van der Waals surface area (Å²) in [7, 11) is 2.17. The minimum Gasteiger partial charge on any atom is -0.340 e. The molecule has 2 aliphatic heterocycles. The zero-order chi connectivity index (χ0) is 22.6. The first-order valence-corrected chi connectivity index (χ1v) is 11.5. The topological polar surface area (TPSA) is 40.6 Å². The Labute approximate surface area is 194 Å². The van der Waals surface area contributed by atoms with Gasteiger partial charge in [0.15, 0.2) is 5.82 Å². The van der Waals surface area contributed by atoms with E-state index in [1.807, 2.05) is 30.3 Å². The molecule has 1 N–H and O–H groups in total. The Morgan fingerprint density at radius 1 is 1.06 bits per heavy atom. The van der Waals surface area contributed by atoms with Gasteiger partial charge in [0.05, 0.1) is 18.8 Å². The highest BCUT2D eigenvalue weighted by Gasteiger charge is 2.30. The lowest BCUT2D eigenvalue weighted by Gasteiger charge is -2.25. The van der Waals surface area contributed by atoms with E-state index in [-0.39, 0.29) is 6.04 Å². The molecule has 5 rings (SSSR count). The lowest BCUT2D eigenvalue weighted by molar-refractivity contribution is 0.157. The standard InChI is InChI=1S/C27H29FN4O/c1-31-15-5-8-20(13-16-31)21-9-11-23(12-10-21)30-27-18-26(24(28)19-29-27)32-25(14-17-33-32)22-6-3-2-4-7-22/h2-4,6-12,18-19,25H,5,13-17H2,1H3,(H,29,30)/t25-/m0/s1. The van der Waals surface area contributed by atoms with Crippen LogP contribution in [0.25, 0.3) is 5.57 Å². The molecule has 6 heteroatoms. The van der Waals surface area contributed by atoms with E-state index in [1.54, 1.807) is 11.1 Å². The maximum Gasteiger partial charge on any atom is 0.167 e. The van der Waals surface area contributed by atoms with Crippen LogP contribution in [-0.4, -0.2) is 36.6 Å². The summed E-state index contributed by atoms with van der Waals surface area (Å²) in [5.74, 6) is 0.181. The van der Waals surface area contributed by atoms with Gasteiger partial charge in [-0.3, -0.25) is 4.84 Å². The van der Waals surface area contributed by atoms with Crippen LogP contribution in [0.15, 0.2) is 72.9 Å². The van der Waals surface area contributed by atoms with Gasteiger partial charge in [-0.15, -0.1) is 0 Å². The Morgan fingerprint density at radius 3 is 2.70 bits per heavy atom. The van der Waals surface area contributed by atoms with Crippen molar-refractivity contribution in [1.82, 2.24) is 9.88 Å². The van der Waals surface area contributed by atoms with Gasteiger partial charge < -0.3 is 10.2 Å². The van der Waals surface area contributed by atoms with Crippen molar-refractivity contribution in [3.63, 3.8) is 0 Å². The van der Waals surface area contributed by atoms with Crippen molar-refractivity contribution in [2.45, 2.75) is 25.3 Å². The van der Waals surface area contributed by atoms with Gasteiger partial charge in [0.1, 0.15) is 11.5 Å². The molecule has 1 atom stereocenters. The lowest BCUT2D eigenvalue weighted by atomic mass is 10.0. The van der Waals surface area contributed by atoms with Crippen LogP contribution in [0.1, 0.15) is 36.4 Å². The molecule has 3 heterocycles. The number of benzene rings is 2. The van der Waals surface area contributed by atoms with Crippen LogP contribution in [0.4, 0.5) is 21.6 Å². The number of halogens is 1. The molecule has 3 aromatic rings. The number of pyridine rings is 1. The summed E-state index contributed by atoms with van der Waals surface area (Å²) < 4.78 is 14.7. The van der Waals surface area contributed by atoms with Gasteiger partial charge in [0.2, 0.25) is 0 Å². The van der Waals surface area contributed by atoms with Gasteiger partial charge >= 0.3 is 0 Å². The first-order chi connectivity index (χ1) is 16.2. The van der Waals surface area contributed by atoms with Gasteiger partial charge in [-0.05, 0) is 48.7 Å². The second-order valence-corrected chi connectivity index (χ2v) is 8.67. The number of hydrogen-bond donors (Lipinski definition) is 1. The van der Waals surface area contributed by atoms with Crippen LogP contribution in [0.5, 0.6) is 0 Å². The predicted molar refractivity (Wildman–Crippen MR) is 131 cm³/mol. The highest BCUT2D eigenvalue weighted by Crippen LogP contribution is 2.37. The van der Waals surface area contributed by atoms with E-state index in [0.29, 0.717) is 18.1 Å². The summed E-state index contributed by atoms with van der Waals surface area (Å²) in [5, 5.41) is 4.99. The van der Waals surface area contributed by atoms with Crippen LogP contribution in [0.2, 0.25) is 0 Å². The van der Waals surface area contributed by atoms with Crippen LogP contribution in [-0.2, 0) is 4.84 Å². The average Bonchev–Trinajstić information content (AvgIpc) is 3.23. The number of aromatic nitrogens is 1. The van der Waals surface area contributed by atoms with Crippen LogP contribution in [0.3, 0.4) is 0 Å². The van der Waals surface area contributed by atoms with Crippen molar-refractivity contribution >= 4 is 22.8 Å². The second kappa shape index (κ2) is 9.73.